The highest BCUT2D eigenvalue weighted by atomic mass is 19.1. The second-order valence-corrected chi connectivity index (χ2v) is 8.88. The monoisotopic (exact) mass is 439 g/mol. The summed E-state index contributed by atoms with van der Waals surface area (Å²) in [5.74, 6) is -0.704. The van der Waals surface area contributed by atoms with Crippen LogP contribution in [-0.2, 0) is 20.7 Å². The van der Waals surface area contributed by atoms with Crippen LogP contribution < -0.4 is 0 Å². The first-order valence-electron chi connectivity index (χ1n) is 11.0. The van der Waals surface area contributed by atoms with E-state index in [-0.39, 0.29) is 36.5 Å². The summed E-state index contributed by atoms with van der Waals surface area (Å²) in [5.41, 5.74) is 0.567. The van der Waals surface area contributed by atoms with Gasteiger partial charge in [0.1, 0.15) is 5.82 Å². The van der Waals surface area contributed by atoms with E-state index in [9.17, 15) is 14.0 Å². The summed E-state index contributed by atoms with van der Waals surface area (Å²) in [7, 11) is 3.96. The van der Waals surface area contributed by atoms with Crippen LogP contribution in [0, 0.1) is 5.82 Å². The van der Waals surface area contributed by atoms with Crippen LogP contribution in [0.2, 0.25) is 0 Å². The van der Waals surface area contributed by atoms with Gasteiger partial charge in [-0.1, -0.05) is 42.5 Å². The third-order valence-corrected chi connectivity index (χ3v) is 6.38. The fourth-order valence-corrected chi connectivity index (χ4v) is 4.67. The van der Waals surface area contributed by atoms with Crippen LogP contribution in [0.3, 0.4) is 0 Å². The Morgan fingerprint density at radius 2 is 1.97 bits per heavy atom. The molecular weight excluding hydrogens is 409 g/mol. The van der Waals surface area contributed by atoms with Crippen molar-refractivity contribution in [1.82, 2.24) is 14.7 Å². The second-order valence-electron chi connectivity index (χ2n) is 8.88. The molecule has 2 atom stereocenters. The highest BCUT2D eigenvalue weighted by Crippen LogP contribution is 2.42. The highest BCUT2D eigenvalue weighted by Gasteiger charge is 2.58. The van der Waals surface area contributed by atoms with E-state index in [0.717, 1.165) is 12.1 Å². The van der Waals surface area contributed by atoms with Crippen molar-refractivity contribution in [3.63, 3.8) is 0 Å². The van der Waals surface area contributed by atoms with E-state index in [2.05, 4.69) is 0 Å². The van der Waals surface area contributed by atoms with Gasteiger partial charge in [-0.3, -0.25) is 9.59 Å². The van der Waals surface area contributed by atoms with Crippen molar-refractivity contribution in [2.75, 3.05) is 53.4 Å². The summed E-state index contributed by atoms with van der Waals surface area (Å²) in [6.45, 7) is 2.84. The second kappa shape index (κ2) is 9.38. The minimum absolute atomic E-state index is 0.0588. The molecule has 0 bridgehead atoms. The number of ether oxygens (including phenoxy) is 1. The zero-order valence-corrected chi connectivity index (χ0v) is 18.7. The topological polar surface area (TPSA) is 53.1 Å². The van der Waals surface area contributed by atoms with Crippen molar-refractivity contribution in [1.29, 1.82) is 0 Å². The van der Waals surface area contributed by atoms with E-state index in [1.54, 1.807) is 17.0 Å². The standard InChI is InChI=1S/C25H30FN3O3/c1-27(2)11-12-28-17-22(20-8-4-3-5-9-20)25(24(28)31)18-29(13-14-32-25)23(30)16-19-7-6-10-21(26)15-19/h3-10,15,22H,11-14,16-18H2,1-2H3/t22-,25+/m1/s1. The van der Waals surface area contributed by atoms with Crippen LogP contribution in [-0.4, -0.2) is 85.5 Å². The molecule has 7 heteroatoms. The van der Waals surface area contributed by atoms with Gasteiger partial charge in [-0.25, -0.2) is 4.39 Å². The lowest BCUT2D eigenvalue weighted by Gasteiger charge is -2.42. The number of halogens is 1. The van der Waals surface area contributed by atoms with Gasteiger partial charge in [0.2, 0.25) is 5.91 Å². The van der Waals surface area contributed by atoms with Crippen LogP contribution >= 0.6 is 0 Å². The van der Waals surface area contributed by atoms with Crippen LogP contribution in [0.1, 0.15) is 17.0 Å². The number of rotatable bonds is 6. The molecule has 2 aromatic rings. The van der Waals surface area contributed by atoms with E-state index < -0.39 is 5.60 Å². The Labute approximate surface area is 188 Å². The molecule has 1 spiro atoms. The number of morpholine rings is 1. The van der Waals surface area contributed by atoms with Gasteiger partial charge in [-0.05, 0) is 37.4 Å². The third-order valence-electron chi connectivity index (χ3n) is 6.38. The van der Waals surface area contributed by atoms with Crippen molar-refractivity contribution in [3.05, 3.63) is 71.5 Å². The van der Waals surface area contributed by atoms with Crippen LogP contribution in [0.4, 0.5) is 4.39 Å². The summed E-state index contributed by atoms with van der Waals surface area (Å²) in [6.07, 6.45) is 0.0996. The van der Waals surface area contributed by atoms with Crippen LogP contribution in [0.25, 0.3) is 0 Å². The number of carbonyl (C=O) groups excluding carboxylic acids is 2. The maximum absolute atomic E-state index is 13.6. The molecule has 0 unspecified atom stereocenters. The molecular formula is C25H30FN3O3. The Morgan fingerprint density at radius 1 is 1.19 bits per heavy atom. The van der Waals surface area contributed by atoms with Gasteiger partial charge in [0.05, 0.1) is 19.6 Å². The zero-order chi connectivity index (χ0) is 22.7. The average Bonchev–Trinajstić information content (AvgIpc) is 3.04. The van der Waals surface area contributed by atoms with Crippen molar-refractivity contribution >= 4 is 11.8 Å². The van der Waals surface area contributed by atoms with Gasteiger partial charge in [-0.2, -0.15) is 0 Å². The maximum atomic E-state index is 13.6. The van der Waals surface area contributed by atoms with Gasteiger partial charge >= 0.3 is 0 Å². The molecule has 2 fully saturated rings. The molecule has 0 aromatic heterocycles. The summed E-state index contributed by atoms with van der Waals surface area (Å²) >= 11 is 0. The quantitative estimate of drug-likeness (QED) is 0.692. The number of hydrogen-bond donors (Lipinski definition) is 0. The molecule has 2 saturated heterocycles. The molecule has 2 aliphatic heterocycles. The SMILES string of the molecule is CN(C)CCN1C[C@H](c2ccccc2)[C@@]2(CN(C(=O)Cc3cccc(F)c3)CCO2)C1=O. The van der Waals surface area contributed by atoms with Crippen molar-refractivity contribution in [3.8, 4) is 0 Å². The fraction of sp³-hybridized carbons (Fsp3) is 0.440. The first-order valence-corrected chi connectivity index (χ1v) is 11.0. The van der Waals surface area contributed by atoms with Crippen molar-refractivity contribution < 1.29 is 18.7 Å². The van der Waals surface area contributed by atoms with Crippen LogP contribution in [0.15, 0.2) is 54.6 Å². The smallest absolute Gasteiger partial charge is 0.257 e. The largest absolute Gasteiger partial charge is 0.361 e. The number of nitrogens with zero attached hydrogens (tertiary/aromatic N) is 3. The number of likely N-dealkylation sites (tertiary alicyclic amines) is 1. The number of carbonyl (C=O) groups is 2. The van der Waals surface area contributed by atoms with E-state index >= 15 is 0 Å². The predicted molar refractivity (Wildman–Crippen MR) is 120 cm³/mol. The summed E-state index contributed by atoms with van der Waals surface area (Å²) in [6, 6.07) is 16.0. The van der Waals surface area contributed by atoms with E-state index in [4.69, 9.17) is 4.74 Å². The minimum atomic E-state index is -1.09. The number of hydrogen-bond acceptors (Lipinski definition) is 4. The molecule has 4 rings (SSSR count). The maximum Gasteiger partial charge on any atom is 0.257 e. The molecule has 32 heavy (non-hydrogen) atoms. The molecule has 2 aromatic carbocycles. The zero-order valence-electron chi connectivity index (χ0n) is 18.7. The molecule has 2 heterocycles. The van der Waals surface area contributed by atoms with Crippen molar-refractivity contribution in [2.24, 2.45) is 0 Å². The predicted octanol–water partition coefficient (Wildman–Crippen LogP) is 2.15. The van der Waals surface area contributed by atoms with Gasteiger partial charge in [0, 0.05) is 32.1 Å². The van der Waals surface area contributed by atoms with E-state index in [1.165, 1.54) is 12.1 Å². The third kappa shape index (κ3) is 4.54. The summed E-state index contributed by atoms with van der Waals surface area (Å²) in [5, 5.41) is 0. The number of likely N-dealkylation sites (N-methyl/N-ethyl adjacent to an activating group) is 1. The van der Waals surface area contributed by atoms with E-state index in [0.29, 0.717) is 31.8 Å². The number of amides is 2. The normalized spacial score (nSPS) is 23.4. The van der Waals surface area contributed by atoms with Gasteiger partial charge in [-0.15, -0.1) is 0 Å². The lowest BCUT2D eigenvalue weighted by atomic mass is 9.83. The lowest BCUT2D eigenvalue weighted by molar-refractivity contribution is -0.167. The lowest BCUT2D eigenvalue weighted by Crippen LogP contribution is -2.59. The molecule has 170 valence electrons. The molecule has 2 amide bonds. The first kappa shape index (κ1) is 22.4. The van der Waals surface area contributed by atoms with Crippen molar-refractivity contribution in [2.45, 2.75) is 17.9 Å². The Hall–Kier alpha value is -2.77. The highest BCUT2D eigenvalue weighted by molar-refractivity contribution is 5.91. The minimum Gasteiger partial charge on any atom is -0.361 e. The molecule has 0 radical (unpaired) electrons. The molecule has 6 nitrogen and oxygen atoms in total. The molecule has 0 saturated carbocycles. The molecule has 0 N–H and O–H groups in total. The summed E-state index contributed by atoms with van der Waals surface area (Å²) < 4.78 is 19.8. The molecule has 2 aliphatic rings. The summed E-state index contributed by atoms with van der Waals surface area (Å²) in [4.78, 5) is 32.3. The van der Waals surface area contributed by atoms with Gasteiger partial charge in [0.15, 0.2) is 5.60 Å². The Balaban J connectivity index is 1.58. The number of benzene rings is 2. The first-order chi connectivity index (χ1) is 15.4. The Bertz CT molecular complexity index is 968. The van der Waals surface area contributed by atoms with E-state index in [1.807, 2.05) is 54.2 Å². The Kier molecular flexibility index (Phi) is 6.58. The van der Waals surface area contributed by atoms with Gasteiger partial charge < -0.3 is 19.4 Å². The average molecular weight is 440 g/mol. The molecule has 0 aliphatic carbocycles. The van der Waals surface area contributed by atoms with Gasteiger partial charge in [0.25, 0.3) is 5.91 Å². The fourth-order valence-electron chi connectivity index (χ4n) is 4.67. The van der Waals surface area contributed by atoms with Crippen LogP contribution in [0.5, 0.6) is 0 Å². The Morgan fingerprint density at radius 3 is 2.69 bits per heavy atom.